The fourth-order valence-electron chi connectivity index (χ4n) is 4.10. The standard InChI is InChI=1S/C28H28F3N3O2/c1-3-22-6-7-24(16-23(22)5-4-20-8-13-36-19-20)27(35)32-26-15-21(14-25(17-26)28(29,30)31)18-34-11-9-33(2)10-12-34/h6-8,13-17,19H,3,9-12,18H2,1-2H3,(H,32,35). The molecule has 188 valence electrons. The predicted octanol–water partition coefficient (Wildman–Crippen LogP) is 5.26. The SMILES string of the molecule is CCc1ccc(C(=O)Nc2cc(CN3CCN(C)CC3)cc(C(F)(F)F)c2)cc1C#Cc1ccoc1. The number of alkyl halides is 3. The topological polar surface area (TPSA) is 48.7 Å². The van der Waals surface area contributed by atoms with E-state index in [1.54, 1.807) is 24.3 Å². The van der Waals surface area contributed by atoms with Crippen molar-refractivity contribution in [2.24, 2.45) is 0 Å². The number of piperazine rings is 1. The van der Waals surface area contributed by atoms with Crippen LogP contribution < -0.4 is 5.32 Å². The second kappa shape index (κ2) is 11.0. The number of hydrogen-bond donors (Lipinski definition) is 1. The number of carbonyl (C=O) groups excluding carboxylic acids is 1. The summed E-state index contributed by atoms with van der Waals surface area (Å²) in [6.07, 6.45) is -0.735. The maximum atomic E-state index is 13.6. The van der Waals surface area contributed by atoms with Crippen LogP contribution in [0, 0.1) is 11.8 Å². The van der Waals surface area contributed by atoms with Crippen LogP contribution in [0.25, 0.3) is 0 Å². The van der Waals surface area contributed by atoms with Crippen molar-refractivity contribution in [2.45, 2.75) is 26.1 Å². The van der Waals surface area contributed by atoms with E-state index in [2.05, 4.69) is 27.0 Å². The molecule has 36 heavy (non-hydrogen) atoms. The molecule has 1 fully saturated rings. The first-order valence-electron chi connectivity index (χ1n) is 11.8. The number of benzene rings is 2. The normalized spacial score (nSPS) is 14.8. The highest BCUT2D eigenvalue weighted by Gasteiger charge is 2.31. The van der Waals surface area contributed by atoms with Crippen molar-refractivity contribution in [2.75, 3.05) is 38.5 Å². The predicted molar refractivity (Wildman–Crippen MR) is 133 cm³/mol. The summed E-state index contributed by atoms with van der Waals surface area (Å²) in [5.41, 5.74) is 2.53. The van der Waals surface area contributed by atoms with Crippen molar-refractivity contribution in [1.82, 2.24) is 9.80 Å². The van der Waals surface area contributed by atoms with Crippen molar-refractivity contribution in [1.29, 1.82) is 0 Å². The van der Waals surface area contributed by atoms with Crippen LogP contribution in [0.1, 0.15) is 45.1 Å². The number of furan rings is 1. The zero-order valence-corrected chi connectivity index (χ0v) is 20.3. The second-order valence-corrected chi connectivity index (χ2v) is 8.94. The van der Waals surface area contributed by atoms with E-state index in [1.165, 1.54) is 12.5 Å². The van der Waals surface area contributed by atoms with Gasteiger partial charge in [-0.05, 0) is 61.0 Å². The quantitative estimate of drug-likeness (QED) is 0.491. The van der Waals surface area contributed by atoms with Gasteiger partial charge in [-0.2, -0.15) is 13.2 Å². The number of likely N-dealkylation sites (N-methyl/N-ethyl adjacent to an activating group) is 1. The molecule has 4 rings (SSSR count). The smallest absolute Gasteiger partial charge is 0.416 e. The van der Waals surface area contributed by atoms with Crippen molar-refractivity contribution in [3.05, 3.63) is 88.4 Å². The summed E-state index contributed by atoms with van der Waals surface area (Å²) in [6, 6.07) is 10.6. The van der Waals surface area contributed by atoms with Gasteiger partial charge in [-0.1, -0.05) is 24.8 Å². The Morgan fingerprint density at radius 2 is 1.83 bits per heavy atom. The van der Waals surface area contributed by atoms with Gasteiger partial charge >= 0.3 is 6.18 Å². The van der Waals surface area contributed by atoms with Crippen molar-refractivity contribution < 1.29 is 22.4 Å². The van der Waals surface area contributed by atoms with Crippen molar-refractivity contribution in [3.63, 3.8) is 0 Å². The molecule has 0 bridgehead atoms. The molecule has 1 aromatic heterocycles. The molecule has 2 heterocycles. The Morgan fingerprint density at radius 1 is 1.06 bits per heavy atom. The monoisotopic (exact) mass is 495 g/mol. The maximum absolute atomic E-state index is 13.6. The molecule has 0 saturated carbocycles. The Morgan fingerprint density at radius 3 is 2.50 bits per heavy atom. The number of anilines is 1. The van der Waals surface area contributed by atoms with Crippen LogP contribution in [-0.4, -0.2) is 48.9 Å². The largest absolute Gasteiger partial charge is 0.471 e. The third kappa shape index (κ3) is 6.56. The minimum atomic E-state index is -4.52. The summed E-state index contributed by atoms with van der Waals surface area (Å²) in [6.45, 7) is 5.66. The van der Waals surface area contributed by atoms with Gasteiger partial charge in [0, 0.05) is 49.5 Å². The molecule has 1 saturated heterocycles. The Hall–Kier alpha value is -3.54. The number of halogens is 3. The molecule has 0 radical (unpaired) electrons. The van der Waals surface area contributed by atoms with E-state index >= 15 is 0 Å². The first kappa shape index (κ1) is 25.5. The zero-order chi connectivity index (χ0) is 25.7. The highest BCUT2D eigenvalue weighted by Crippen LogP contribution is 2.32. The summed E-state index contributed by atoms with van der Waals surface area (Å²) in [5.74, 6) is 5.57. The molecule has 2 aromatic carbocycles. The highest BCUT2D eigenvalue weighted by molar-refractivity contribution is 6.04. The molecule has 0 atom stereocenters. The summed E-state index contributed by atoms with van der Waals surface area (Å²) in [4.78, 5) is 17.3. The zero-order valence-electron chi connectivity index (χ0n) is 20.3. The molecule has 0 spiro atoms. The first-order chi connectivity index (χ1) is 17.2. The fraction of sp³-hybridized carbons (Fsp3) is 0.321. The van der Waals surface area contributed by atoms with Crippen LogP contribution in [0.2, 0.25) is 0 Å². The third-order valence-corrected chi connectivity index (χ3v) is 6.20. The molecule has 1 aliphatic rings. The molecule has 8 heteroatoms. The number of nitrogens with one attached hydrogen (secondary N) is 1. The molecule has 1 aliphatic heterocycles. The molecule has 5 nitrogen and oxygen atoms in total. The number of rotatable bonds is 5. The van der Waals surface area contributed by atoms with Gasteiger partial charge in [-0.15, -0.1) is 0 Å². The van der Waals surface area contributed by atoms with Crippen molar-refractivity contribution in [3.8, 4) is 11.8 Å². The summed E-state index contributed by atoms with van der Waals surface area (Å²) >= 11 is 0. The lowest BCUT2D eigenvalue weighted by Gasteiger charge is -2.32. The number of nitrogens with zero attached hydrogens (tertiary/aromatic N) is 2. The number of aryl methyl sites for hydroxylation is 1. The van der Waals surface area contributed by atoms with Gasteiger partial charge in [0.25, 0.3) is 5.91 Å². The average molecular weight is 496 g/mol. The Kier molecular flexibility index (Phi) is 7.82. The van der Waals surface area contributed by atoms with E-state index in [0.717, 1.165) is 50.3 Å². The Balaban J connectivity index is 1.57. The summed E-state index contributed by atoms with van der Waals surface area (Å²) < 4.78 is 45.9. The molecular formula is C28H28F3N3O2. The van der Waals surface area contributed by atoms with Crippen LogP contribution in [-0.2, 0) is 19.1 Å². The second-order valence-electron chi connectivity index (χ2n) is 8.94. The van der Waals surface area contributed by atoms with Gasteiger partial charge in [0.05, 0.1) is 17.4 Å². The molecule has 3 aromatic rings. The van der Waals surface area contributed by atoms with Gasteiger partial charge in [0.2, 0.25) is 0 Å². The average Bonchev–Trinajstić information content (AvgIpc) is 3.37. The molecular weight excluding hydrogens is 467 g/mol. The van der Waals surface area contributed by atoms with Crippen molar-refractivity contribution >= 4 is 11.6 Å². The number of amides is 1. The van der Waals surface area contributed by atoms with Crippen LogP contribution in [0.4, 0.5) is 18.9 Å². The van der Waals surface area contributed by atoms with E-state index in [-0.39, 0.29) is 5.69 Å². The van der Waals surface area contributed by atoms with E-state index in [9.17, 15) is 18.0 Å². The Labute approximate surface area is 208 Å². The van der Waals surface area contributed by atoms with Gasteiger partial charge in [-0.3, -0.25) is 9.69 Å². The van der Waals surface area contributed by atoms with Crippen LogP contribution in [0.15, 0.2) is 59.4 Å². The lowest BCUT2D eigenvalue weighted by atomic mass is 10.0. The van der Waals surface area contributed by atoms with Gasteiger partial charge in [0.1, 0.15) is 6.26 Å². The summed E-state index contributed by atoms with van der Waals surface area (Å²) in [7, 11) is 2.02. The summed E-state index contributed by atoms with van der Waals surface area (Å²) in [5, 5.41) is 2.66. The van der Waals surface area contributed by atoms with Crippen LogP contribution in [0.3, 0.4) is 0 Å². The number of carbonyl (C=O) groups is 1. The fourth-order valence-corrected chi connectivity index (χ4v) is 4.10. The van der Waals surface area contributed by atoms with E-state index < -0.39 is 17.6 Å². The van der Waals surface area contributed by atoms with E-state index in [4.69, 9.17) is 4.42 Å². The van der Waals surface area contributed by atoms with Crippen LogP contribution in [0.5, 0.6) is 0 Å². The molecule has 1 amide bonds. The van der Waals surface area contributed by atoms with Crippen LogP contribution >= 0.6 is 0 Å². The van der Waals surface area contributed by atoms with Gasteiger partial charge in [0.15, 0.2) is 0 Å². The minimum Gasteiger partial charge on any atom is -0.471 e. The van der Waals surface area contributed by atoms with E-state index in [1.807, 2.05) is 20.0 Å². The first-order valence-corrected chi connectivity index (χ1v) is 11.8. The van der Waals surface area contributed by atoms with Gasteiger partial charge < -0.3 is 14.6 Å². The number of hydrogen-bond acceptors (Lipinski definition) is 4. The minimum absolute atomic E-state index is 0.115. The lowest BCUT2D eigenvalue weighted by Crippen LogP contribution is -2.43. The molecule has 0 unspecified atom stereocenters. The molecule has 0 aliphatic carbocycles. The molecule has 1 N–H and O–H groups in total. The lowest BCUT2D eigenvalue weighted by molar-refractivity contribution is -0.137. The highest BCUT2D eigenvalue weighted by atomic mass is 19.4. The third-order valence-electron chi connectivity index (χ3n) is 6.20. The van der Waals surface area contributed by atoms with E-state index in [0.29, 0.717) is 28.8 Å². The van der Waals surface area contributed by atoms with Gasteiger partial charge in [-0.25, -0.2) is 0 Å². The maximum Gasteiger partial charge on any atom is 0.416 e. The Bertz CT molecular complexity index is 1270.